The molecule has 0 unspecified atom stereocenters. The van der Waals surface area contributed by atoms with Crippen molar-refractivity contribution in [2.75, 3.05) is 7.11 Å². The number of nitrogens with one attached hydrogen (secondary N) is 2. The molecule has 22 heavy (non-hydrogen) atoms. The van der Waals surface area contributed by atoms with Gasteiger partial charge >= 0.3 is 0 Å². The monoisotopic (exact) mass is 296 g/mol. The van der Waals surface area contributed by atoms with Gasteiger partial charge < -0.3 is 4.74 Å². The SMILES string of the molecule is COc1ccncc1-c1[nH][nH]c(=O)c1N=Nc1ccncc1. The molecule has 0 atom stereocenters. The van der Waals surface area contributed by atoms with Crippen LogP contribution in [0.2, 0.25) is 0 Å². The molecule has 0 aliphatic carbocycles. The van der Waals surface area contributed by atoms with E-state index in [0.717, 1.165) is 0 Å². The van der Waals surface area contributed by atoms with Crippen LogP contribution in [0.3, 0.4) is 0 Å². The molecule has 0 amide bonds. The largest absolute Gasteiger partial charge is 0.496 e. The summed E-state index contributed by atoms with van der Waals surface area (Å²) in [6.07, 6.45) is 6.39. The summed E-state index contributed by atoms with van der Waals surface area (Å²) in [5.74, 6) is 0.575. The van der Waals surface area contributed by atoms with E-state index in [4.69, 9.17) is 4.74 Å². The quantitative estimate of drug-likeness (QED) is 0.721. The summed E-state index contributed by atoms with van der Waals surface area (Å²) < 4.78 is 5.27. The first-order valence-electron chi connectivity index (χ1n) is 6.40. The highest BCUT2D eigenvalue weighted by atomic mass is 16.5. The van der Waals surface area contributed by atoms with Crippen LogP contribution in [-0.2, 0) is 0 Å². The molecule has 0 spiro atoms. The molecule has 0 aliphatic heterocycles. The lowest BCUT2D eigenvalue weighted by molar-refractivity contribution is 0.416. The van der Waals surface area contributed by atoms with E-state index in [0.29, 0.717) is 22.7 Å². The summed E-state index contributed by atoms with van der Waals surface area (Å²) in [7, 11) is 1.54. The van der Waals surface area contributed by atoms with Gasteiger partial charge in [-0.1, -0.05) is 0 Å². The van der Waals surface area contributed by atoms with Crippen molar-refractivity contribution < 1.29 is 4.74 Å². The Balaban J connectivity index is 2.05. The van der Waals surface area contributed by atoms with E-state index in [-0.39, 0.29) is 11.2 Å². The summed E-state index contributed by atoms with van der Waals surface area (Å²) in [5, 5.41) is 13.3. The Hall–Kier alpha value is -3.29. The van der Waals surface area contributed by atoms with Gasteiger partial charge in [-0.2, -0.15) is 5.11 Å². The zero-order valence-corrected chi connectivity index (χ0v) is 11.6. The number of hydrogen-bond acceptors (Lipinski definition) is 6. The number of rotatable bonds is 4. The molecular formula is C14H12N6O2. The van der Waals surface area contributed by atoms with Crippen LogP contribution in [0, 0.1) is 0 Å². The number of aromatic nitrogens is 4. The second kappa shape index (κ2) is 6.00. The first kappa shape index (κ1) is 13.7. The minimum absolute atomic E-state index is 0.156. The van der Waals surface area contributed by atoms with E-state index in [1.807, 2.05) is 0 Å². The van der Waals surface area contributed by atoms with Gasteiger partial charge in [0.1, 0.15) is 5.75 Å². The minimum atomic E-state index is -0.376. The highest BCUT2D eigenvalue weighted by Gasteiger charge is 2.15. The lowest BCUT2D eigenvalue weighted by Crippen LogP contribution is -1.96. The van der Waals surface area contributed by atoms with Crippen LogP contribution in [0.15, 0.2) is 58.0 Å². The van der Waals surface area contributed by atoms with Gasteiger partial charge in [-0.3, -0.25) is 25.0 Å². The molecule has 3 heterocycles. The van der Waals surface area contributed by atoms with E-state index in [2.05, 4.69) is 30.4 Å². The van der Waals surface area contributed by atoms with Crippen molar-refractivity contribution in [1.29, 1.82) is 0 Å². The first-order valence-corrected chi connectivity index (χ1v) is 6.40. The Labute approximate surface area is 124 Å². The fourth-order valence-electron chi connectivity index (χ4n) is 1.91. The number of methoxy groups -OCH3 is 1. The molecule has 0 bridgehead atoms. The molecule has 0 saturated heterocycles. The van der Waals surface area contributed by atoms with Gasteiger partial charge in [0, 0.05) is 24.8 Å². The molecule has 110 valence electrons. The van der Waals surface area contributed by atoms with E-state index < -0.39 is 0 Å². The van der Waals surface area contributed by atoms with Crippen LogP contribution in [0.25, 0.3) is 11.3 Å². The average Bonchev–Trinajstić information content (AvgIpc) is 2.94. The van der Waals surface area contributed by atoms with Crippen molar-refractivity contribution >= 4 is 11.4 Å². The predicted octanol–water partition coefficient (Wildman–Crippen LogP) is 2.58. The van der Waals surface area contributed by atoms with Crippen LogP contribution in [-0.4, -0.2) is 27.3 Å². The molecule has 0 aromatic carbocycles. The summed E-state index contributed by atoms with van der Waals surface area (Å²) >= 11 is 0. The molecule has 3 rings (SSSR count). The lowest BCUT2D eigenvalue weighted by Gasteiger charge is -2.05. The average molecular weight is 296 g/mol. The number of pyridine rings is 2. The van der Waals surface area contributed by atoms with Gasteiger partial charge in [0.2, 0.25) is 0 Å². The maximum atomic E-state index is 11.9. The smallest absolute Gasteiger partial charge is 0.292 e. The number of nitrogens with zero attached hydrogens (tertiary/aromatic N) is 4. The Bertz CT molecular complexity index is 853. The van der Waals surface area contributed by atoms with E-state index in [9.17, 15) is 4.79 Å². The van der Waals surface area contributed by atoms with Crippen molar-refractivity contribution in [3.05, 3.63) is 53.3 Å². The van der Waals surface area contributed by atoms with E-state index >= 15 is 0 Å². The predicted molar refractivity (Wildman–Crippen MR) is 79.6 cm³/mol. The maximum Gasteiger partial charge on any atom is 0.292 e. The van der Waals surface area contributed by atoms with Crippen LogP contribution in [0.5, 0.6) is 5.75 Å². The minimum Gasteiger partial charge on any atom is -0.496 e. The van der Waals surface area contributed by atoms with Crippen molar-refractivity contribution in [3.63, 3.8) is 0 Å². The molecular weight excluding hydrogens is 284 g/mol. The Morgan fingerprint density at radius 3 is 2.59 bits per heavy atom. The normalized spacial score (nSPS) is 11.0. The first-order chi connectivity index (χ1) is 10.8. The Kier molecular flexibility index (Phi) is 3.73. The fourth-order valence-corrected chi connectivity index (χ4v) is 1.91. The molecule has 0 fully saturated rings. The topological polar surface area (TPSA) is 108 Å². The van der Waals surface area contributed by atoms with Crippen molar-refractivity contribution in [3.8, 4) is 17.0 Å². The second-order valence-corrected chi connectivity index (χ2v) is 4.28. The van der Waals surface area contributed by atoms with Crippen molar-refractivity contribution in [2.45, 2.75) is 0 Å². The van der Waals surface area contributed by atoms with Crippen LogP contribution in [0.1, 0.15) is 0 Å². The third-order valence-electron chi connectivity index (χ3n) is 2.95. The second-order valence-electron chi connectivity index (χ2n) is 4.28. The Morgan fingerprint density at radius 1 is 1.05 bits per heavy atom. The molecule has 3 aromatic heterocycles. The molecule has 0 radical (unpaired) electrons. The Morgan fingerprint density at radius 2 is 1.82 bits per heavy atom. The number of azo groups is 1. The van der Waals surface area contributed by atoms with Gasteiger partial charge in [0.15, 0.2) is 5.69 Å². The summed E-state index contributed by atoms with van der Waals surface area (Å²) in [4.78, 5) is 19.9. The molecule has 8 nitrogen and oxygen atoms in total. The van der Waals surface area contributed by atoms with Crippen LogP contribution >= 0.6 is 0 Å². The van der Waals surface area contributed by atoms with Crippen LogP contribution < -0.4 is 10.3 Å². The van der Waals surface area contributed by atoms with Gasteiger partial charge in [-0.05, 0) is 18.2 Å². The van der Waals surface area contributed by atoms with Gasteiger partial charge in [0.05, 0.1) is 24.1 Å². The molecule has 3 aromatic rings. The van der Waals surface area contributed by atoms with Gasteiger partial charge in [-0.15, -0.1) is 5.11 Å². The maximum absolute atomic E-state index is 11.9. The molecule has 0 saturated carbocycles. The molecule has 0 aliphatic rings. The zero-order valence-electron chi connectivity index (χ0n) is 11.6. The third-order valence-corrected chi connectivity index (χ3v) is 2.95. The zero-order chi connectivity index (χ0) is 15.4. The van der Waals surface area contributed by atoms with Crippen LogP contribution in [0.4, 0.5) is 11.4 Å². The van der Waals surface area contributed by atoms with E-state index in [1.165, 1.54) is 0 Å². The van der Waals surface area contributed by atoms with Crippen molar-refractivity contribution in [2.24, 2.45) is 10.2 Å². The number of ether oxygens (including phenoxy) is 1. The fraction of sp³-hybridized carbons (Fsp3) is 0.0714. The summed E-state index contributed by atoms with van der Waals surface area (Å²) in [6.45, 7) is 0. The standard InChI is InChI=1S/C14H12N6O2/c1-22-11-4-7-16-8-10(11)12-13(14(21)20-18-12)19-17-9-2-5-15-6-3-9/h2-8H,1H3,(H2,18,20,21). The highest BCUT2D eigenvalue weighted by Crippen LogP contribution is 2.32. The van der Waals surface area contributed by atoms with E-state index in [1.54, 1.807) is 50.1 Å². The third kappa shape index (κ3) is 2.62. The van der Waals surface area contributed by atoms with Gasteiger partial charge in [-0.25, -0.2) is 0 Å². The lowest BCUT2D eigenvalue weighted by atomic mass is 10.2. The molecule has 8 heteroatoms. The number of hydrogen-bond donors (Lipinski definition) is 2. The number of aromatic amines is 2. The molecule has 2 N–H and O–H groups in total. The van der Waals surface area contributed by atoms with Gasteiger partial charge in [0.25, 0.3) is 5.56 Å². The van der Waals surface area contributed by atoms with Crippen molar-refractivity contribution in [1.82, 2.24) is 20.2 Å². The summed E-state index contributed by atoms with van der Waals surface area (Å²) in [5.41, 5.74) is 1.46. The summed E-state index contributed by atoms with van der Waals surface area (Å²) in [6, 6.07) is 5.08. The highest BCUT2D eigenvalue weighted by molar-refractivity contribution is 5.75. The number of H-pyrrole nitrogens is 2.